The molecular formula is C12H12ClFO. The van der Waals surface area contributed by atoms with Crippen LogP contribution in [0.5, 0.6) is 0 Å². The van der Waals surface area contributed by atoms with E-state index in [0.717, 1.165) is 5.57 Å². The van der Waals surface area contributed by atoms with Crippen molar-refractivity contribution < 1.29 is 9.18 Å². The summed E-state index contributed by atoms with van der Waals surface area (Å²) >= 11 is 5.80. The number of ketones is 1. The second-order valence-corrected chi connectivity index (χ2v) is 4.01. The smallest absolute Gasteiger partial charge is 0.160 e. The fourth-order valence-electron chi connectivity index (χ4n) is 1.23. The molecule has 15 heavy (non-hydrogen) atoms. The lowest BCUT2D eigenvalue weighted by Crippen LogP contribution is -2.00. The molecule has 0 bridgehead atoms. The molecule has 1 aromatic rings. The van der Waals surface area contributed by atoms with Gasteiger partial charge in [0.2, 0.25) is 0 Å². The molecule has 0 unspecified atom stereocenters. The molecule has 0 radical (unpaired) electrons. The summed E-state index contributed by atoms with van der Waals surface area (Å²) in [5, 5.41) is 0.297. The molecule has 0 saturated carbocycles. The number of benzene rings is 1. The first-order valence-corrected chi connectivity index (χ1v) is 4.98. The third-order valence-corrected chi connectivity index (χ3v) is 2.18. The molecule has 0 amide bonds. The van der Waals surface area contributed by atoms with E-state index in [4.69, 9.17) is 11.6 Å². The molecule has 0 saturated heterocycles. The molecular weight excluding hydrogens is 215 g/mol. The predicted octanol–water partition coefficient (Wildman–Crippen LogP) is 3.56. The van der Waals surface area contributed by atoms with Crippen molar-refractivity contribution in [3.05, 3.63) is 46.3 Å². The Morgan fingerprint density at radius 3 is 2.67 bits per heavy atom. The summed E-state index contributed by atoms with van der Waals surface area (Å²) < 4.78 is 12.7. The second-order valence-electron chi connectivity index (χ2n) is 3.60. The van der Waals surface area contributed by atoms with Gasteiger partial charge in [0.25, 0.3) is 0 Å². The molecule has 0 atom stereocenters. The van der Waals surface area contributed by atoms with E-state index in [1.165, 1.54) is 18.2 Å². The molecule has 1 rings (SSSR count). The van der Waals surface area contributed by atoms with Gasteiger partial charge in [0.15, 0.2) is 5.78 Å². The number of hydrogen-bond donors (Lipinski definition) is 0. The summed E-state index contributed by atoms with van der Waals surface area (Å²) in [5.41, 5.74) is 1.60. The Bertz CT molecular complexity index is 406. The van der Waals surface area contributed by atoms with Gasteiger partial charge >= 0.3 is 0 Å². The lowest BCUT2D eigenvalue weighted by molar-refractivity contribution is -0.114. The van der Waals surface area contributed by atoms with Gasteiger partial charge in [-0.05, 0) is 37.6 Å². The van der Waals surface area contributed by atoms with Crippen molar-refractivity contribution in [1.82, 2.24) is 0 Å². The molecule has 0 aliphatic rings. The van der Waals surface area contributed by atoms with E-state index in [1.807, 2.05) is 13.8 Å². The minimum Gasteiger partial charge on any atom is -0.294 e. The monoisotopic (exact) mass is 226 g/mol. The Labute approximate surface area is 93.6 Å². The SMILES string of the molecule is CC(C)=CC(=O)Cc1ccc(F)cc1Cl. The zero-order valence-electron chi connectivity index (χ0n) is 8.68. The van der Waals surface area contributed by atoms with Crippen LogP contribution in [-0.2, 0) is 11.2 Å². The van der Waals surface area contributed by atoms with Crippen LogP contribution in [0.3, 0.4) is 0 Å². The number of rotatable bonds is 3. The fraction of sp³-hybridized carbons (Fsp3) is 0.250. The molecule has 0 spiro atoms. The maximum Gasteiger partial charge on any atom is 0.160 e. The molecule has 1 aromatic carbocycles. The molecule has 0 aliphatic carbocycles. The van der Waals surface area contributed by atoms with Crippen molar-refractivity contribution >= 4 is 17.4 Å². The van der Waals surface area contributed by atoms with Crippen LogP contribution in [0.1, 0.15) is 19.4 Å². The molecule has 3 heteroatoms. The van der Waals surface area contributed by atoms with Crippen LogP contribution in [-0.4, -0.2) is 5.78 Å². The zero-order valence-corrected chi connectivity index (χ0v) is 9.44. The van der Waals surface area contributed by atoms with Crippen molar-refractivity contribution in [3.8, 4) is 0 Å². The normalized spacial score (nSPS) is 9.87. The van der Waals surface area contributed by atoms with Crippen LogP contribution >= 0.6 is 11.6 Å². The van der Waals surface area contributed by atoms with Gasteiger partial charge in [0.05, 0.1) is 0 Å². The third kappa shape index (κ3) is 3.84. The van der Waals surface area contributed by atoms with Gasteiger partial charge < -0.3 is 0 Å². The Morgan fingerprint density at radius 2 is 2.13 bits per heavy atom. The zero-order chi connectivity index (χ0) is 11.4. The molecule has 0 aromatic heterocycles. The van der Waals surface area contributed by atoms with E-state index in [9.17, 15) is 9.18 Å². The Morgan fingerprint density at radius 1 is 1.47 bits per heavy atom. The highest BCUT2D eigenvalue weighted by molar-refractivity contribution is 6.31. The van der Waals surface area contributed by atoms with Crippen molar-refractivity contribution in [2.24, 2.45) is 0 Å². The average molecular weight is 227 g/mol. The van der Waals surface area contributed by atoms with Gasteiger partial charge in [-0.15, -0.1) is 0 Å². The quantitative estimate of drug-likeness (QED) is 0.721. The van der Waals surface area contributed by atoms with Gasteiger partial charge in [0, 0.05) is 11.4 Å². The highest BCUT2D eigenvalue weighted by Gasteiger charge is 2.05. The van der Waals surface area contributed by atoms with Crippen LogP contribution in [0.15, 0.2) is 29.8 Å². The van der Waals surface area contributed by atoms with Gasteiger partial charge in [-0.3, -0.25) is 4.79 Å². The van der Waals surface area contributed by atoms with Crippen LogP contribution in [0, 0.1) is 5.82 Å². The van der Waals surface area contributed by atoms with E-state index in [2.05, 4.69) is 0 Å². The van der Waals surface area contributed by atoms with E-state index in [-0.39, 0.29) is 12.2 Å². The summed E-state index contributed by atoms with van der Waals surface area (Å²) in [7, 11) is 0. The maximum atomic E-state index is 12.7. The molecule has 1 nitrogen and oxygen atoms in total. The first-order valence-electron chi connectivity index (χ1n) is 4.60. The minimum absolute atomic E-state index is 0.0245. The van der Waals surface area contributed by atoms with Gasteiger partial charge in [-0.25, -0.2) is 4.39 Å². The second kappa shape index (κ2) is 5.08. The number of allylic oxidation sites excluding steroid dienone is 2. The minimum atomic E-state index is -0.390. The van der Waals surface area contributed by atoms with E-state index < -0.39 is 5.82 Å². The van der Waals surface area contributed by atoms with Crippen LogP contribution < -0.4 is 0 Å². The Kier molecular flexibility index (Phi) is 4.04. The topological polar surface area (TPSA) is 17.1 Å². The lowest BCUT2D eigenvalue weighted by atomic mass is 10.1. The lowest BCUT2D eigenvalue weighted by Gasteiger charge is -2.01. The number of hydrogen-bond acceptors (Lipinski definition) is 1. The third-order valence-electron chi connectivity index (χ3n) is 1.83. The molecule has 0 heterocycles. The maximum absolute atomic E-state index is 12.7. The summed E-state index contributed by atoms with van der Waals surface area (Å²) in [6.45, 7) is 3.70. The number of halogens is 2. The summed E-state index contributed by atoms with van der Waals surface area (Å²) in [6.07, 6.45) is 1.77. The summed E-state index contributed by atoms with van der Waals surface area (Å²) in [4.78, 5) is 11.4. The standard InChI is InChI=1S/C12H12ClFO/c1-8(2)5-11(15)6-9-3-4-10(14)7-12(9)13/h3-5,7H,6H2,1-2H3. The molecule has 0 N–H and O–H groups in total. The van der Waals surface area contributed by atoms with Gasteiger partial charge in [-0.1, -0.05) is 23.2 Å². The van der Waals surface area contributed by atoms with Crippen LogP contribution in [0.4, 0.5) is 4.39 Å². The summed E-state index contributed by atoms with van der Waals surface area (Å²) in [6, 6.07) is 4.05. The molecule has 0 aliphatic heterocycles. The Balaban J connectivity index is 2.82. The average Bonchev–Trinajstić information content (AvgIpc) is 2.08. The van der Waals surface area contributed by atoms with E-state index in [0.29, 0.717) is 10.6 Å². The predicted molar refractivity (Wildman–Crippen MR) is 59.6 cm³/mol. The number of carbonyl (C=O) groups is 1. The van der Waals surface area contributed by atoms with E-state index >= 15 is 0 Å². The fourth-order valence-corrected chi connectivity index (χ4v) is 1.46. The van der Waals surface area contributed by atoms with Crippen molar-refractivity contribution in [1.29, 1.82) is 0 Å². The largest absolute Gasteiger partial charge is 0.294 e. The first kappa shape index (κ1) is 11.9. The highest BCUT2D eigenvalue weighted by Crippen LogP contribution is 2.18. The molecule has 80 valence electrons. The van der Waals surface area contributed by atoms with Crippen molar-refractivity contribution in [2.75, 3.05) is 0 Å². The van der Waals surface area contributed by atoms with Crippen LogP contribution in [0.2, 0.25) is 5.02 Å². The first-order chi connectivity index (χ1) is 6.99. The number of carbonyl (C=O) groups excluding carboxylic acids is 1. The highest BCUT2D eigenvalue weighted by atomic mass is 35.5. The van der Waals surface area contributed by atoms with Crippen molar-refractivity contribution in [3.63, 3.8) is 0 Å². The molecule has 0 fully saturated rings. The van der Waals surface area contributed by atoms with Crippen molar-refractivity contribution in [2.45, 2.75) is 20.3 Å². The van der Waals surface area contributed by atoms with Gasteiger partial charge in [0.1, 0.15) is 5.82 Å². The van der Waals surface area contributed by atoms with Gasteiger partial charge in [-0.2, -0.15) is 0 Å². The van der Waals surface area contributed by atoms with E-state index in [1.54, 1.807) is 6.08 Å². The van der Waals surface area contributed by atoms with Crippen LogP contribution in [0.25, 0.3) is 0 Å². The summed E-state index contributed by atoms with van der Waals surface area (Å²) in [5.74, 6) is -0.415. The Hall–Kier alpha value is -1.15.